The van der Waals surface area contributed by atoms with E-state index in [1.54, 1.807) is 19.1 Å². The lowest BCUT2D eigenvalue weighted by molar-refractivity contribution is 0.305. The van der Waals surface area contributed by atoms with Crippen molar-refractivity contribution in [3.8, 4) is 17.0 Å². The third kappa shape index (κ3) is 1.97. The molecule has 0 fully saturated rings. The highest BCUT2D eigenvalue weighted by Crippen LogP contribution is 2.34. The third-order valence-electron chi connectivity index (χ3n) is 2.92. The van der Waals surface area contributed by atoms with Gasteiger partial charge in [-0.1, -0.05) is 16.8 Å². The molecule has 0 aliphatic rings. The first kappa shape index (κ1) is 13.4. The lowest BCUT2D eigenvalue weighted by Crippen LogP contribution is -2.10. The maximum atomic E-state index is 12.1. The summed E-state index contributed by atoms with van der Waals surface area (Å²) in [5.41, 5.74) is 0.653. The third-order valence-corrected chi connectivity index (χ3v) is 4.44. The van der Waals surface area contributed by atoms with Gasteiger partial charge >= 0.3 is 0 Å². The molecule has 0 aliphatic carbocycles. The minimum Gasteiger partial charge on any atom is -0.506 e. The summed E-state index contributed by atoms with van der Waals surface area (Å²) in [6.45, 7) is 1.64. The summed E-state index contributed by atoms with van der Waals surface area (Å²) in [6.07, 6.45) is 0. The Balaban J connectivity index is 2.43. The number of nitrogens with one attached hydrogen (secondary N) is 1. The number of benzene rings is 1. The first-order valence-corrected chi connectivity index (χ1v) is 6.98. The zero-order valence-corrected chi connectivity index (χ0v) is 13.0. The number of aromatic amines is 1. The summed E-state index contributed by atoms with van der Waals surface area (Å²) in [6, 6.07) is 3.29. The average molecular weight is 404 g/mol. The molecule has 102 valence electrons. The second-order valence-corrected chi connectivity index (χ2v) is 5.76. The second-order valence-electron chi connectivity index (χ2n) is 4.19. The van der Waals surface area contributed by atoms with Crippen molar-refractivity contribution in [1.29, 1.82) is 0 Å². The van der Waals surface area contributed by atoms with Crippen molar-refractivity contribution in [3.05, 3.63) is 36.8 Å². The Hall–Kier alpha value is -1.61. The topological polar surface area (TPSA) is 92.0 Å². The molecule has 0 unspecified atom stereocenters. The zero-order chi connectivity index (χ0) is 14.4. The van der Waals surface area contributed by atoms with Gasteiger partial charge in [0.2, 0.25) is 0 Å². The van der Waals surface area contributed by atoms with E-state index in [0.717, 1.165) is 3.57 Å². The normalized spacial score (nSPS) is 11.2. The molecule has 1 aromatic carbocycles. The predicted octanol–water partition coefficient (Wildman–Crippen LogP) is 2.85. The molecule has 8 heteroatoms. The first-order chi connectivity index (χ1) is 9.49. The van der Waals surface area contributed by atoms with Gasteiger partial charge < -0.3 is 10.1 Å². The fraction of sp³-hybridized carbons (Fsp3) is 0.0833. The lowest BCUT2D eigenvalue weighted by atomic mass is 10.1. The predicted molar refractivity (Wildman–Crippen MR) is 82.0 cm³/mol. The number of fused-ring (bicyclic) bond motifs is 1. The molecule has 2 aromatic heterocycles. The van der Waals surface area contributed by atoms with Crippen molar-refractivity contribution >= 4 is 45.1 Å². The standard InChI is InChI=1S/C12H7ClIN3O3/c1-4-10(17-20-16-4)9-11(18)5-2-7(14)6(13)3-8(5)15-12(9)19/h2-3H,1H3,(H2,15,18,19). The molecular weight excluding hydrogens is 397 g/mol. The Kier molecular flexibility index (Phi) is 3.17. The Bertz CT molecular complexity index is 888. The van der Waals surface area contributed by atoms with Gasteiger partial charge in [0.15, 0.2) is 0 Å². The lowest BCUT2D eigenvalue weighted by Gasteiger charge is -2.07. The van der Waals surface area contributed by atoms with E-state index < -0.39 is 5.56 Å². The molecule has 0 radical (unpaired) electrons. The van der Waals surface area contributed by atoms with Gasteiger partial charge in [0, 0.05) is 8.96 Å². The van der Waals surface area contributed by atoms with Crippen molar-refractivity contribution < 1.29 is 9.74 Å². The summed E-state index contributed by atoms with van der Waals surface area (Å²) < 4.78 is 5.34. The van der Waals surface area contributed by atoms with Crippen molar-refractivity contribution in [2.24, 2.45) is 0 Å². The second kappa shape index (κ2) is 4.74. The number of nitrogens with zero attached hydrogens (tertiary/aromatic N) is 2. The van der Waals surface area contributed by atoms with Gasteiger partial charge in [-0.25, -0.2) is 4.63 Å². The smallest absolute Gasteiger partial charge is 0.261 e. The number of aryl methyl sites for hydroxylation is 1. The molecule has 6 nitrogen and oxygen atoms in total. The molecule has 0 saturated carbocycles. The van der Waals surface area contributed by atoms with Crippen LogP contribution in [0.2, 0.25) is 5.02 Å². The molecule has 0 saturated heterocycles. The van der Waals surface area contributed by atoms with Crippen LogP contribution in [0.5, 0.6) is 5.75 Å². The van der Waals surface area contributed by atoms with Gasteiger partial charge in [0.05, 0.1) is 10.5 Å². The SMILES string of the molecule is Cc1nonc1-c1c(O)c2cc(I)c(Cl)cc2[nH]c1=O. The Morgan fingerprint density at radius 3 is 2.80 bits per heavy atom. The van der Waals surface area contributed by atoms with Crippen LogP contribution >= 0.6 is 34.2 Å². The van der Waals surface area contributed by atoms with E-state index >= 15 is 0 Å². The van der Waals surface area contributed by atoms with E-state index in [0.29, 0.717) is 21.6 Å². The highest BCUT2D eigenvalue weighted by atomic mass is 127. The monoisotopic (exact) mass is 403 g/mol. The van der Waals surface area contributed by atoms with Gasteiger partial charge in [-0.15, -0.1) is 0 Å². The molecule has 0 aliphatic heterocycles. The van der Waals surface area contributed by atoms with Crippen LogP contribution in [0.1, 0.15) is 5.69 Å². The first-order valence-electron chi connectivity index (χ1n) is 5.52. The highest BCUT2D eigenvalue weighted by Gasteiger charge is 2.20. The maximum absolute atomic E-state index is 12.1. The van der Waals surface area contributed by atoms with E-state index in [4.69, 9.17) is 11.6 Å². The maximum Gasteiger partial charge on any atom is 0.261 e. The Morgan fingerprint density at radius 2 is 2.15 bits per heavy atom. The van der Waals surface area contributed by atoms with Crippen LogP contribution in [-0.4, -0.2) is 20.4 Å². The summed E-state index contributed by atoms with van der Waals surface area (Å²) in [7, 11) is 0. The molecule has 2 heterocycles. The number of aromatic nitrogens is 3. The fourth-order valence-electron chi connectivity index (χ4n) is 1.95. The summed E-state index contributed by atoms with van der Waals surface area (Å²) >= 11 is 8.06. The molecular formula is C12H7ClIN3O3. The van der Waals surface area contributed by atoms with Crippen molar-refractivity contribution in [1.82, 2.24) is 15.3 Å². The number of rotatable bonds is 1. The Morgan fingerprint density at radius 1 is 1.40 bits per heavy atom. The number of pyridine rings is 1. The van der Waals surface area contributed by atoms with E-state index in [2.05, 4.69) is 19.9 Å². The van der Waals surface area contributed by atoms with Crippen LogP contribution in [-0.2, 0) is 0 Å². The number of H-pyrrole nitrogens is 1. The quantitative estimate of drug-likeness (QED) is 0.610. The van der Waals surface area contributed by atoms with E-state index in [-0.39, 0.29) is 17.0 Å². The molecule has 0 amide bonds. The zero-order valence-electron chi connectivity index (χ0n) is 10.1. The molecule has 0 atom stereocenters. The largest absolute Gasteiger partial charge is 0.506 e. The van der Waals surface area contributed by atoms with E-state index in [1.807, 2.05) is 22.6 Å². The van der Waals surface area contributed by atoms with Crippen LogP contribution in [0, 0.1) is 10.5 Å². The minimum atomic E-state index is -0.480. The van der Waals surface area contributed by atoms with Crippen molar-refractivity contribution in [2.45, 2.75) is 6.92 Å². The fourth-order valence-corrected chi connectivity index (χ4v) is 2.58. The Labute approximate surface area is 130 Å². The van der Waals surface area contributed by atoms with Crippen molar-refractivity contribution in [2.75, 3.05) is 0 Å². The molecule has 2 N–H and O–H groups in total. The van der Waals surface area contributed by atoms with Gasteiger partial charge in [-0.05, 0) is 46.8 Å². The molecule has 3 rings (SSSR count). The number of hydrogen-bond donors (Lipinski definition) is 2. The van der Waals surface area contributed by atoms with Crippen molar-refractivity contribution in [3.63, 3.8) is 0 Å². The molecule has 0 bridgehead atoms. The molecule has 0 spiro atoms. The minimum absolute atomic E-state index is 0.0365. The van der Waals surface area contributed by atoms with Gasteiger partial charge in [0.25, 0.3) is 5.56 Å². The molecule has 3 aromatic rings. The van der Waals surface area contributed by atoms with Crippen LogP contribution in [0.15, 0.2) is 21.6 Å². The number of aromatic hydroxyl groups is 1. The van der Waals surface area contributed by atoms with Crippen LogP contribution in [0.25, 0.3) is 22.2 Å². The van der Waals surface area contributed by atoms with Gasteiger partial charge in [0.1, 0.15) is 22.7 Å². The summed E-state index contributed by atoms with van der Waals surface area (Å²) in [5, 5.41) is 18.6. The number of halogens is 2. The summed E-state index contributed by atoms with van der Waals surface area (Å²) in [5.74, 6) is -0.169. The highest BCUT2D eigenvalue weighted by molar-refractivity contribution is 14.1. The summed E-state index contributed by atoms with van der Waals surface area (Å²) in [4.78, 5) is 14.8. The number of hydrogen-bond acceptors (Lipinski definition) is 5. The molecule has 20 heavy (non-hydrogen) atoms. The average Bonchev–Trinajstić information content (AvgIpc) is 2.79. The van der Waals surface area contributed by atoms with E-state index in [1.165, 1.54) is 0 Å². The van der Waals surface area contributed by atoms with Gasteiger partial charge in [-0.3, -0.25) is 4.79 Å². The van der Waals surface area contributed by atoms with Crippen LogP contribution in [0.4, 0.5) is 0 Å². The van der Waals surface area contributed by atoms with Gasteiger partial charge in [-0.2, -0.15) is 0 Å². The van der Waals surface area contributed by atoms with E-state index in [9.17, 15) is 9.90 Å². The van der Waals surface area contributed by atoms with Crippen LogP contribution < -0.4 is 5.56 Å². The van der Waals surface area contributed by atoms with Crippen LogP contribution in [0.3, 0.4) is 0 Å².